The van der Waals surface area contributed by atoms with Crippen molar-refractivity contribution >= 4 is 21.9 Å². The van der Waals surface area contributed by atoms with Crippen LogP contribution in [0.15, 0.2) is 272 Å². The normalized spacial score (nSPS) is 11.3. The number of para-hydroxylation sites is 1. The number of hydrogen-bond donors (Lipinski definition) is 0. The Morgan fingerprint density at radius 1 is 0.257 bits per heavy atom. The third kappa shape index (κ3) is 8.34. The lowest BCUT2D eigenvalue weighted by Gasteiger charge is -2.19. The summed E-state index contributed by atoms with van der Waals surface area (Å²) in [4.78, 5) is 14.0. The van der Waals surface area contributed by atoms with E-state index in [-0.39, 0.29) is 0 Å². The van der Waals surface area contributed by atoms with E-state index in [1.165, 1.54) is 0 Å². The first-order chi connectivity index (χ1) is 36.6. The summed E-state index contributed by atoms with van der Waals surface area (Å²) in [6.07, 6.45) is 5.55. The smallest absolute Gasteiger partial charge is 0.138 e. The summed E-state index contributed by atoms with van der Waals surface area (Å²) in [6.45, 7) is 2.11. The molecular weight excluding hydrogens is 899 g/mol. The molecule has 13 aromatic rings. The molecule has 4 heterocycles. The number of hydrogen-bond acceptors (Lipinski definition) is 4. The van der Waals surface area contributed by atoms with Crippen LogP contribution in [-0.4, -0.2) is 15.0 Å². The van der Waals surface area contributed by atoms with Gasteiger partial charge < -0.3 is 4.42 Å². The molecular formula is C70H47N3O. The number of pyridine rings is 3. The summed E-state index contributed by atoms with van der Waals surface area (Å²) in [7, 11) is 0. The molecule has 0 N–H and O–H groups in total. The van der Waals surface area contributed by atoms with Crippen LogP contribution in [0.1, 0.15) is 5.56 Å². The lowest BCUT2D eigenvalue weighted by Crippen LogP contribution is -1.94. The monoisotopic (exact) mass is 945 g/mol. The van der Waals surface area contributed by atoms with Gasteiger partial charge in [0.25, 0.3) is 0 Å². The first-order valence-corrected chi connectivity index (χ1v) is 25.0. The van der Waals surface area contributed by atoms with Crippen LogP contribution in [0.4, 0.5) is 0 Å². The molecule has 0 saturated carbocycles. The molecule has 9 aromatic carbocycles. The number of fused-ring (bicyclic) bond motifs is 3. The van der Waals surface area contributed by atoms with Crippen molar-refractivity contribution in [3.63, 3.8) is 0 Å². The maximum atomic E-state index is 6.63. The lowest BCUT2D eigenvalue weighted by molar-refractivity contribution is 0.666. The Morgan fingerprint density at radius 2 is 0.662 bits per heavy atom. The minimum absolute atomic E-state index is 0.863. The molecule has 0 aliphatic carbocycles. The molecule has 74 heavy (non-hydrogen) atoms. The van der Waals surface area contributed by atoms with Crippen LogP contribution in [0.2, 0.25) is 0 Å². The predicted octanol–water partition coefficient (Wildman–Crippen LogP) is 18.7. The molecule has 0 unspecified atom stereocenters. The molecule has 0 saturated heterocycles. The second kappa shape index (κ2) is 19.1. The van der Waals surface area contributed by atoms with Gasteiger partial charge in [-0.2, -0.15) is 0 Å². The maximum absolute atomic E-state index is 6.63. The van der Waals surface area contributed by atoms with E-state index in [0.29, 0.717) is 0 Å². The number of aromatic nitrogens is 3. The first-order valence-electron chi connectivity index (χ1n) is 25.0. The van der Waals surface area contributed by atoms with E-state index in [4.69, 9.17) is 9.40 Å². The molecule has 348 valence electrons. The zero-order valence-electron chi connectivity index (χ0n) is 40.7. The van der Waals surface area contributed by atoms with Gasteiger partial charge in [0.15, 0.2) is 0 Å². The Kier molecular flexibility index (Phi) is 11.4. The van der Waals surface area contributed by atoms with Gasteiger partial charge in [0, 0.05) is 46.1 Å². The minimum atomic E-state index is 0.863. The van der Waals surface area contributed by atoms with E-state index in [9.17, 15) is 0 Å². The largest absolute Gasteiger partial charge is 0.456 e. The first kappa shape index (κ1) is 44.2. The van der Waals surface area contributed by atoms with Crippen molar-refractivity contribution in [2.75, 3.05) is 0 Å². The molecule has 0 fully saturated rings. The van der Waals surface area contributed by atoms with Crippen LogP contribution in [-0.2, 0) is 0 Å². The Labute approximate surface area is 430 Å². The average Bonchev–Trinajstić information content (AvgIpc) is 3.87. The molecule has 4 nitrogen and oxygen atoms in total. The third-order valence-electron chi connectivity index (χ3n) is 14.2. The molecule has 13 rings (SSSR count). The summed E-state index contributed by atoms with van der Waals surface area (Å²) in [5.41, 5.74) is 24.7. The highest BCUT2D eigenvalue weighted by Gasteiger charge is 2.20. The minimum Gasteiger partial charge on any atom is -0.456 e. The molecule has 0 aliphatic heterocycles. The summed E-state index contributed by atoms with van der Waals surface area (Å²) < 4.78 is 6.63. The molecule has 0 bridgehead atoms. The van der Waals surface area contributed by atoms with Gasteiger partial charge in [-0.15, -0.1) is 0 Å². The van der Waals surface area contributed by atoms with E-state index in [0.717, 1.165) is 139 Å². The average molecular weight is 946 g/mol. The fraction of sp³-hybridized carbons (Fsp3) is 0.0143. The van der Waals surface area contributed by atoms with Crippen LogP contribution in [0.25, 0.3) is 134 Å². The Hall–Kier alpha value is -9.77. The van der Waals surface area contributed by atoms with Crippen molar-refractivity contribution in [3.8, 4) is 112 Å². The quantitative estimate of drug-likeness (QED) is 0.137. The lowest BCUT2D eigenvalue weighted by atomic mass is 9.84. The number of aryl methyl sites for hydroxylation is 1. The Morgan fingerprint density at radius 3 is 1.16 bits per heavy atom. The number of furan rings is 1. The summed E-state index contributed by atoms with van der Waals surface area (Å²) in [5.74, 6) is 0. The van der Waals surface area contributed by atoms with Gasteiger partial charge in [0.05, 0.1) is 17.1 Å². The summed E-state index contributed by atoms with van der Waals surface area (Å²) >= 11 is 0. The predicted molar refractivity (Wildman–Crippen MR) is 306 cm³/mol. The van der Waals surface area contributed by atoms with Gasteiger partial charge in [0.1, 0.15) is 11.2 Å². The van der Waals surface area contributed by atoms with Crippen LogP contribution in [0.3, 0.4) is 0 Å². The standard InChI is InChI=1S/C70H47N3O/c1-46-15-14-22-64-63-37-34-51(45-69(63)74-70(46)64)65-44-52(68-25-10-13-40-73-68)35-36-62(65)61-21-7-6-20-60(61)55-42-53(58-18-4-2-16-56(58)47-26-30-49(31-27-47)66-23-8-11-38-71-66)41-54(43-55)59-19-5-3-17-57(59)48-28-32-50(33-29-48)67-24-9-12-39-72-67/h2-45H,1H3. The molecule has 0 aliphatic rings. The summed E-state index contributed by atoms with van der Waals surface area (Å²) in [5, 5.41) is 2.23. The molecule has 0 amide bonds. The highest BCUT2D eigenvalue weighted by molar-refractivity contribution is 6.07. The van der Waals surface area contributed by atoms with Gasteiger partial charge in [-0.1, -0.05) is 176 Å². The van der Waals surface area contributed by atoms with E-state index in [1.807, 2.05) is 55.0 Å². The fourth-order valence-electron chi connectivity index (χ4n) is 10.6. The molecule has 0 spiro atoms. The van der Waals surface area contributed by atoms with E-state index in [1.54, 1.807) is 0 Å². The van der Waals surface area contributed by atoms with Crippen molar-refractivity contribution in [2.24, 2.45) is 0 Å². The second-order valence-corrected chi connectivity index (χ2v) is 18.8. The van der Waals surface area contributed by atoms with Gasteiger partial charge >= 0.3 is 0 Å². The molecule has 0 radical (unpaired) electrons. The maximum Gasteiger partial charge on any atom is 0.138 e. The zero-order valence-corrected chi connectivity index (χ0v) is 40.7. The van der Waals surface area contributed by atoms with Crippen LogP contribution in [0.5, 0.6) is 0 Å². The molecule has 4 aromatic heterocycles. The van der Waals surface area contributed by atoms with Crippen molar-refractivity contribution in [2.45, 2.75) is 6.92 Å². The van der Waals surface area contributed by atoms with Crippen LogP contribution in [0, 0.1) is 6.92 Å². The van der Waals surface area contributed by atoms with Crippen molar-refractivity contribution in [1.82, 2.24) is 15.0 Å². The SMILES string of the molecule is Cc1cccc2c1oc1cc(-c3cc(-c4ccccn4)ccc3-c3ccccc3-c3cc(-c4ccccc4-c4ccc(-c5ccccn5)cc4)cc(-c4ccccc4-c4ccc(-c5ccccn5)cc4)c3)ccc12. The van der Waals surface area contributed by atoms with Crippen LogP contribution >= 0.6 is 0 Å². The fourth-order valence-corrected chi connectivity index (χ4v) is 10.6. The Balaban J connectivity index is 1.00. The van der Waals surface area contributed by atoms with Gasteiger partial charge in [-0.3, -0.25) is 15.0 Å². The van der Waals surface area contributed by atoms with Crippen LogP contribution < -0.4 is 0 Å². The Bertz CT molecular complexity index is 4020. The topological polar surface area (TPSA) is 51.8 Å². The van der Waals surface area contributed by atoms with Gasteiger partial charge in [-0.25, -0.2) is 0 Å². The van der Waals surface area contributed by atoms with E-state index in [2.05, 4.69) is 229 Å². The second-order valence-electron chi connectivity index (χ2n) is 18.8. The number of nitrogens with zero attached hydrogens (tertiary/aromatic N) is 3. The van der Waals surface area contributed by atoms with E-state index < -0.39 is 0 Å². The highest BCUT2D eigenvalue weighted by Crippen LogP contribution is 2.45. The molecule has 0 atom stereocenters. The van der Waals surface area contributed by atoms with E-state index >= 15 is 0 Å². The number of rotatable bonds is 10. The van der Waals surface area contributed by atoms with Crippen molar-refractivity contribution in [3.05, 3.63) is 273 Å². The summed E-state index contributed by atoms with van der Waals surface area (Å²) in [6, 6.07) is 89.0. The number of benzene rings is 9. The van der Waals surface area contributed by atoms with Crippen molar-refractivity contribution < 1.29 is 4.42 Å². The van der Waals surface area contributed by atoms with Gasteiger partial charge in [-0.05, 0) is 163 Å². The van der Waals surface area contributed by atoms with Gasteiger partial charge in [0.2, 0.25) is 0 Å². The highest BCUT2D eigenvalue weighted by atomic mass is 16.3. The third-order valence-corrected chi connectivity index (χ3v) is 14.2. The molecule has 4 heteroatoms. The van der Waals surface area contributed by atoms with Crippen molar-refractivity contribution in [1.29, 1.82) is 0 Å². The zero-order chi connectivity index (χ0) is 49.4.